The molecular formula is C13H12NPtS-. The fourth-order valence-electron chi connectivity index (χ4n) is 1.45. The number of aromatic nitrogens is 1. The van der Waals surface area contributed by atoms with E-state index in [0.29, 0.717) is 5.75 Å². The van der Waals surface area contributed by atoms with Gasteiger partial charge in [-0.1, -0.05) is 6.07 Å². The molecule has 0 aliphatic carbocycles. The number of pyridine rings is 1. The van der Waals surface area contributed by atoms with Gasteiger partial charge in [0.25, 0.3) is 0 Å². The predicted molar refractivity (Wildman–Crippen MR) is 65.0 cm³/mol. The summed E-state index contributed by atoms with van der Waals surface area (Å²) in [6, 6.07) is 17.2. The average Bonchev–Trinajstić information content (AvgIpc) is 2.31. The maximum atomic E-state index is 4.49. The van der Waals surface area contributed by atoms with Crippen molar-refractivity contribution in [3.63, 3.8) is 0 Å². The second-order valence-electron chi connectivity index (χ2n) is 3.34. The van der Waals surface area contributed by atoms with Crippen molar-refractivity contribution in [3.05, 3.63) is 65.5 Å². The molecule has 3 heteroatoms. The van der Waals surface area contributed by atoms with Gasteiger partial charge in [-0.05, 0) is 18.6 Å². The first-order chi connectivity index (χ1) is 7.38. The second kappa shape index (κ2) is 6.88. The molecule has 0 saturated carbocycles. The van der Waals surface area contributed by atoms with Crippen molar-refractivity contribution in [1.29, 1.82) is 0 Å². The summed E-state index contributed by atoms with van der Waals surface area (Å²) in [5.74, 6) is 0.687. The van der Waals surface area contributed by atoms with E-state index in [-0.39, 0.29) is 21.1 Å². The molecule has 86 valence electrons. The molecule has 0 radical (unpaired) electrons. The largest absolute Gasteiger partial charge is 0.257 e. The third kappa shape index (κ3) is 3.77. The standard InChI is InChI=1S/C13H12NS.Pt/c15-10-13-8-4-7-12(14-13)9-11-5-2-1-3-6-11;/h1-5,7-8,15H,9-10H2;/q-1;. The minimum atomic E-state index is 0. The fourth-order valence-corrected chi connectivity index (χ4v) is 1.63. The van der Waals surface area contributed by atoms with Gasteiger partial charge in [0.05, 0.1) is 5.69 Å². The molecule has 16 heavy (non-hydrogen) atoms. The van der Waals surface area contributed by atoms with E-state index in [1.807, 2.05) is 36.4 Å². The van der Waals surface area contributed by atoms with Crippen molar-refractivity contribution < 1.29 is 21.1 Å². The third-order valence-electron chi connectivity index (χ3n) is 2.17. The van der Waals surface area contributed by atoms with E-state index in [9.17, 15) is 0 Å². The molecule has 0 fully saturated rings. The Balaban J connectivity index is 0.00000128. The molecule has 1 heterocycles. The minimum absolute atomic E-state index is 0. The quantitative estimate of drug-likeness (QED) is 0.608. The number of hydrogen-bond donors (Lipinski definition) is 1. The van der Waals surface area contributed by atoms with Gasteiger partial charge in [-0.15, -0.1) is 0 Å². The summed E-state index contributed by atoms with van der Waals surface area (Å²) in [5.41, 5.74) is 3.26. The number of benzene rings is 1. The summed E-state index contributed by atoms with van der Waals surface area (Å²) >= 11 is 4.21. The molecule has 0 N–H and O–H groups in total. The van der Waals surface area contributed by atoms with Crippen LogP contribution in [0, 0.1) is 6.07 Å². The van der Waals surface area contributed by atoms with Crippen LogP contribution < -0.4 is 0 Å². The maximum Gasteiger partial charge on any atom is 0.0503 e. The summed E-state index contributed by atoms with van der Waals surface area (Å²) in [5, 5.41) is 0. The van der Waals surface area contributed by atoms with Crippen molar-refractivity contribution >= 4 is 12.6 Å². The number of rotatable bonds is 3. The first kappa shape index (κ1) is 13.5. The number of hydrogen-bond acceptors (Lipinski definition) is 2. The van der Waals surface area contributed by atoms with Crippen LogP contribution in [-0.2, 0) is 33.2 Å². The molecule has 0 amide bonds. The van der Waals surface area contributed by atoms with E-state index in [2.05, 4.69) is 29.7 Å². The minimum Gasteiger partial charge on any atom is -0.257 e. The van der Waals surface area contributed by atoms with Crippen molar-refractivity contribution in [2.24, 2.45) is 0 Å². The van der Waals surface area contributed by atoms with Crippen LogP contribution in [0.2, 0.25) is 0 Å². The van der Waals surface area contributed by atoms with Crippen LogP contribution in [0.25, 0.3) is 0 Å². The molecule has 0 saturated heterocycles. The molecule has 1 aromatic carbocycles. The van der Waals surface area contributed by atoms with E-state index >= 15 is 0 Å². The van der Waals surface area contributed by atoms with Gasteiger partial charge in [0, 0.05) is 32.5 Å². The summed E-state index contributed by atoms with van der Waals surface area (Å²) in [6.07, 6.45) is 0.836. The predicted octanol–water partition coefficient (Wildman–Crippen LogP) is 2.90. The zero-order chi connectivity index (χ0) is 10.5. The molecule has 0 aliphatic heterocycles. The van der Waals surface area contributed by atoms with Crippen LogP contribution in [-0.4, -0.2) is 4.98 Å². The van der Waals surface area contributed by atoms with Crippen LogP contribution in [0.4, 0.5) is 0 Å². The first-order valence-electron chi connectivity index (χ1n) is 4.90. The molecule has 0 unspecified atom stereocenters. The molecule has 1 nitrogen and oxygen atoms in total. The van der Waals surface area contributed by atoms with Gasteiger partial charge >= 0.3 is 0 Å². The van der Waals surface area contributed by atoms with E-state index in [4.69, 9.17) is 0 Å². The Bertz CT molecular complexity index is 431. The second-order valence-corrected chi connectivity index (χ2v) is 3.66. The first-order valence-corrected chi connectivity index (χ1v) is 5.53. The number of thiol groups is 1. The van der Waals surface area contributed by atoms with Gasteiger partial charge in [0.2, 0.25) is 0 Å². The van der Waals surface area contributed by atoms with Crippen LogP contribution in [0.1, 0.15) is 17.0 Å². The summed E-state index contributed by atoms with van der Waals surface area (Å²) < 4.78 is 0. The summed E-state index contributed by atoms with van der Waals surface area (Å²) in [6.45, 7) is 0. The SMILES string of the molecule is SCc1cccc(Cc2[c-]cccc2)n1.[Pt]. The van der Waals surface area contributed by atoms with Crippen molar-refractivity contribution in [2.75, 3.05) is 0 Å². The Morgan fingerprint density at radius 2 is 1.88 bits per heavy atom. The third-order valence-corrected chi connectivity index (χ3v) is 2.50. The normalized spacial score (nSPS) is 9.56. The van der Waals surface area contributed by atoms with E-state index in [0.717, 1.165) is 17.8 Å². The molecular weight excluding hydrogens is 397 g/mol. The molecule has 0 aliphatic rings. The molecule has 1 aromatic heterocycles. The molecule has 2 rings (SSSR count). The van der Waals surface area contributed by atoms with Crippen LogP contribution in [0.15, 0.2) is 42.5 Å². The fraction of sp³-hybridized carbons (Fsp3) is 0.154. The van der Waals surface area contributed by atoms with Crippen molar-refractivity contribution in [1.82, 2.24) is 4.98 Å². The topological polar surface area (TPSA) is 12.9 Å². The maximum absolute atomic E-state index is 4.49. The molecule has 0 bridgehead atoms. The monoisotopic (exact) mass is 409 g/mol. The van der Waals surface area contributed by atoms with Gasteiger partial charge in [-0.2, -0.15) is 48.5 Å². The van der Waals surface area contributed by atoms with Gasteiger partial charge in [0.1, 0.15) is 0 Å². The summed E-state index contributed by atoms with van der Waals surface area (Å²) in [4.78, 5) is 4.49. The molecule has 2 aromatic rings. The van der Waals surface area contributed by atoms with Crippen LogP contribution in [0.3, 0.4) is 0 Å². The van der Waals surface area contributed by atoms with Gasteiger partial charge in [0.15, 0.2) is 0 Å². The van der Waals surface area contributed by atoms with Gasteiger partial charge < -0.3 is 0 Å². The van der Waals surface area contributed by atoms with E-state index in [1.165, 1.54) is 5.56 Å². The van der Waals surface area contributed by atoms with E-state index < -0.39 is 0 Å². The van der Waals surface area contributed by atoms with Crippen molar-refractivity contribution in [3.8, 4) is 0 Å². The smallest absolute Gasteiger partial charge is 0.0503 e. The summed E-state index contributed by atoms with van der Waals surface area (Å²) in [7, 11) is 0. The van der Waals surface area contributed by atoms with Crippen LogP contribution >= 0.6 is 12.6 Å². The van der Waals surface area contributed by atoms with Crippen molar-refractivity contribution in [2.45, 2.75) is 12.2 Å². The number of nitrogens with zero attached hydrogens (tertiary/aromatic N) is 1. The molecule has 0 spiro atoms. The zero-order valence-corrected chi connectivity index (χ0v) is 11.8. The molecule has 0 atom stereocenters. The zero-order valence-electron chi connectivity index (χ0n) is 8.67. The van der Waals surface area contributed by atoms with Gasteiger partial charge in [-0.25, -0.2) is 0 Å². The average molecular weight is 409 g/mol. The Morgan fingerprint density at radius 1 is 1.06 bits per heavy atom. The van der Waals surface area contributed by atoms with E-state index in [1.54, 1.807) is 0 Å². The Morgan fingerprint density at radius 3 is 2.56 bits per heavy atom. The van der Waals surface area contributed by atoms with Gasteiger partial charge in [-0.3, -0.25) is 4.98 Å². The Hall–Kier alpha value is -0.592. The Labute approximate surface area is 116 Å². The Kier molecular flexibility index (Phi) is 5.79. The van der Waals surface area contributed by atoms with Crippen LogP contribution in [0.5, 0.6) is 0 Å².